The molecule has 0 unspecified atom stereocenters. The minimum atomic E-state index is -0.490. The Morgan fingerprint density at radius 2 is 1.89 bits per heavy atom. The maximum absolute atomic E-state index is 11.8. The molecule has 0 N–H and O–H groups in total. The average Bonchev–Trinajstić information content (AvgIpc) is 2.58. The van der Waals surface area contributed by atoms with Crippen LogP contribution in [-0.4, -0.2) is 16.3 Å². The molecule has 1 aromatic heterocycles. The van der Waals surface area contributed by atoms with Gasteiger partial charge in [0.2, 0.25) is 0 Å². The molecule has 2 rings (SSSR count). The monoisotopic (exact) mass is 315 g/mol. The van der Waals surface area contributed by atoms with Crippen LogP contribution in [0.3, 0.4) is 0 Å². The molecule has 0 spiro atoms. The predicted molar refractivity (Wildman–Crippen MR) is 62.4 cm³/mol. The minimum absolute atomic E-state index is 0. The van der Waals surface area contributed by atoms with Gasteiger partial charge in [0.25, 0.3) is 0 Å². The summed E-state index contributed by atoms with van der Waals surface area (Å²) in [4.78, 5) is 11.8. The number of nitrogens with zero attached hydrogens (tertiary/aromatic N) is 1. The number of rotatable bonds is 0. The van der Waals surface area contributed by atoms with Crippen molar-refractivity contribution in [3.63, 3.8) is 0 Å². The number of benzene rings is 1. The van der Waals surface area contributed by atoms with Gasteiger partial charge in [-0.25, -0.2) is 9.36 Å². The van der Waals surface area contributed by atoms with Crippen LogP contribution in [0.1, 0.15) is 20.8 Å². The van der Waals surface area contributed by atoms with E-state index in [1.54, 1.807) is 6.07 Å². The molecule has 2 aromatic rings. The third kappa shape index (κ3) is 3.82. The molecule has 0 fully saturated rings. The van der Waals surface area contributed by atoms with E-state index in [9.17, 15) is 4.79 Å². The summed E-state index contributed by atoms with van der Waals surface area (Å²) in [6, 6.07) is 9.40. The van der Waals surface area contributed by atoms with Crippen LogP contribution in [0.2, 0.25) is 0 Å². The van der Waals surface area contributed by atoms with Crippen molar-refractivity contribution in [1.82, 2.24) is 4.57 Å². The van der Waals surface area contributed by atoms with Gasteiger partial charge in [-0.15, -0.1) is 0 Å². The number of halogens is 1. The van der Waals surface area contributed by atoms with Crippen molar-refractivity contribution in [2.45, 2.75) is 26.4 Å². The van der Waals surface area contributed by atoms with Crippen LogP contribution in [-0.2, 0) is 24.2 Å². The molecule has 0 saturated heterocycles. The first-order valence-corrected chi connectivity index (χ1v) is 5.19. The largest absolute Gasteiger partial charge is 1.00 e. The zero-order chi connectivity index (χ0) is 11.8. The molecule has 93 valence electrons. The molecule has 0 aliphatic rings. The van der Waals surface area contributed by atoms with Crippen LogP contribution in [0.15, 0.2) is 30.3 Å². The maximum Gasteiger partial charge on any atom is 0.419 e. The van der Waals surface area contributed by atoms with Gasteiger partial charge in [-0.05, 0) is 32.9 Å². The summed E-state index contributed by atoms with van der Waals surface area (Å²) in [5.41, 5.74) is 0.327. The fourth-order valence-electron chi connectivity index (χ4n) is 1.48. The second-order valence-electron chi connectivity index (χ2n) is 4.65. The summed E-state index contributed by atoms with van der Waals surface area (Å²) in [5.74, 6) is 0. The summed E-state index contributed by atoms with van der Waals surface area (Å²) in [5, 5.41) is 0.980. The Morgan fingerprint density at radius 1 is 1.28 bits per heavy atom. The zero-order valence-electron chi connectivity index (χ0n) is 10.7. The first kappa shape index (κ1) is 17.1. The van der Waals surface area contributed by atoms with Crippen LogP contribution in [0, 0.1) is 6.20 Å². The SMILES string of the molecule is CC(C)(C)OC(=O)n1[c]cc2ccccc21.[Cl-].[Zn]. The summed E-state index contributed by atoms with van der Waals surface area (Å²) in [6.45, 7) is 5.53. The van der Waals surface area contributed by atoms with E-state index in [1.165, 1.54) is 4.57 Å². The van der Waals surface area contributed by atoms with Crippen molar-refractivity contribution in [1.29, 1.82) is 0 Å². The molecule has 18 heavy (non-hydrogen) atoms. The van der Waals surface area contributed by atoms with Gasteiger partial charge in [-0.3, -0.25) is 0 Å². The van der Waals surface area contributed by atoms with E-state index in [4.69, 9.17) is 4.74 Å². The molecule has 1 heterocycles. The molecule has 1 aromatic carbocycles. The van der Waals surface area contributed by atoms with Crippen molar-refractivity contribution >= 4 is 17.0 Å². The minimum Gasteiger partial charge on any atom is -1.00 e. The van der Waals surface area contributed by atoms with E-state index < -0.39 is 11.7 Å². The molecule has 3 nitrogen and oxygen atoms in total. The molecule has 0 atom stereocenters. The van der Waals surface area contributed by atoms with Crippen molar-refractivity contribution in [2.75, 3.05) is 0 Å². The van der Waals surface area contributed by atoms with E-state index in [1.807, 2.05) is 45.0 Å². The fraction of sp³-hybridized carbons (Fsp3) is 0.308. The topological polar surface area (TPSA) is 31.2 Å². The number of para-hydroxylation sites is 1. The van der Waals surface area contributed by atoms with Crippen molar-refractivity contribution < 1.29 is 41.4 Å². The van der Waals surface area contributed by atoms with Crippen molar-refractivity contribution in [3.8, 4) is 0 Å². The van der Waals surface area contributed by atoms with Gasteiger partial charge < -0.3 is 17.1 Å². The summed E-state index contributed by atoms with van der Waals surface area (Å²) < 4.78 is 6.69. The average molecular weight is 317 g/mol. The maximum atomic E-state index is 11.8. The molecule has 0 bridgehead atoms. The van der Waals surface area contributed by atoms with Gasteiger partial charge in [0, 0.05) is 24.9 Å². The molecule has 1 radical (unpaired) electrons. The number of fused-ring (bicyclic) bond motifs is 1. The first-order chi connectivity index (χ1) is 7.47. The zero-order valence-corrected chi connectivity index (χ0v) is 14.5. The van der Waals surface area contributed by atoms with Crippen molar-refractivity contribution in [3.05, 3.63) is 36.5 Å². The Hall–Kier alpha value is -0.857. The standard InChI is InChI=1S/C13H14NO2.ClH.Zn/c1-13(2,3)16-12(15)14-9-8-10-6-4-5-7-11(10)14;;/h4-8H,1-3H3;1H;/p-1. The smallest absolute Gasteiger partial charge is 0.419 e. The molecule has 5 heteroatoms. The Morgan fingerprint density at radius 3 is 2.50 bits per heavy atom. The first-order valence-electron chi connectivity index (χ1n) is 5.19. The van der Waals surface area contributed by atoms with Crippen LogP contribution >= 0.6 is 0 Å². The van der Waals surface area contributed by atoms with Gasteiger partial charge in [0.15, 0.2) is 0 Å². The van der Waals surface area contributed by atoms with Gasteiger partial charge in [-0.1, -0.05) is 18.2 Å². The van der Waals surface area contributed by atoms with Crippen molar-refractivity contribution in [2.24, 2.45) is 0 Å². The Bertz CT molecular complexity index is 531. The number of carbonyl (C=O) groups is 1. The second kappa shape index (κ2) is 6.35. The summed E-state index contributed by atoms with van der Waals surface area (Å²) in [7, 11) is 0. The Kier molecular flexibility index (Phi) is 6.05. The Balaban J connectivity index is 0.00000144. The third-order valence-electron chi connectivity index (χ3n) is 2.10. The molecular formula is C13H14ClNO2Zn-. The van der Waals surface area contributed by atoms with Gasteiger partial charge >= 0.3 is 6.09 Å². The molecular weight excluding hydrogens is 303 g/mol. The number of aromatic nitrogens is 1. The third-order valence-corrected chi connectivity index (χ3v) is 2.10. The van der Waals surface area contributed by atoms with E-state index in [-0.39, 0.29) is 31.9 Å². The van der Waals surface area contributed by atoms with Crippen LogP contribution in [0.4, 0.5) is 4.79 Å². The van der Waals surface area contributed by atoms with E-state index in [2.05, 4.69) is 6.20 Å². The fourth-order valence-corrected chi connectivity index (χ4v) is 1.48. The quantitative estimate of drug-likeness (QED) is 0.651. The summed E-state index contributed by atoms with van der Waals surface area (Å²) in [6.07, 6.45) is 2.48. The summed E-state index contributed by atoms with van der Waals surface area (Å²) >= 11 is 0. The second-order valence-corrected chi connectivity index (χ2v) is 4.65. The van der Waals surface area contributed by atoms with E-state index in [0.29, 0.717) is 0 Å². The molecule has 0 amide bonds. The number of ether oxygens (including phenoxy) is 1. The van der Waals surface area contributed by atoms with Gasteiger partial charge in [0.1, 0.15) is 5.60 Å². The number of hydrogen-bond donors (Lipinski definition) is 0. The molecule has 0 saturated carbocycles. The van der Waals surface area contributed by atoms with Crippen LogP contribution < -0.4 is 12.4 Å². The van der Waals surface area contributed by atoms with E-state index in [0.717, 1.165) is 10.9 Å². The predicted octanol–water partition coefficient (Wildman–Crippen LogP) is 0.226. The normalized spacial score (nSPS) is 10.4. The Labute approximate surface area is 126 Å². The number of hydrogen-bond acceptors (Lipinski definition) is 2. The molecule has 0 aliphatic heterocycles. The van der Waals surface area contributed by atoms with Gasteiger partial charge in [-0.2, -0.15) is 0 Å². The molecule has 0 aliphatic carbocycles. The number of carbonyl (C=O) groups excluding carboxylic acids is 1. The van der Waals surface area contributed by atoms with E-state index >= 15 is 0 Å². The van der Waals surface area contributed by atoms with Gasteiger partial charge in [0.05, 0.1) is 11.7 Å². The van der Waals surface area contributed by atoms with Crippen LogP contribution in [0.25, 0.3) is 10.9 Å². The van der Waals surface area contributed by atoms with Crippen LogP contribution in [0.5, 0.6) is 0 Å².